The van der Waals surface area contributed by atoms with E-state index in [4.69, 9.17) is 4.74 Å². The van der Waals surface area contributed by atoms with Gasteiger partial charge in [-0.05, 0) is 18.2 Å². The maximum absolute atomic E-state index is 12.6. The minimum atomic E-state index is -0.297. The van der Waals surface area contributed by atoms with Crippen LogP contribution in [0.15, 0.2) is 41.7 Å². The van der Waals surface area contributed by atoms with Gasteiger partial charge in [-0.15, -0.1) is 0 Å². The van der Waals surface area contributed by atoms with Crippen LogP contribution in [0.25, 0.3) is 11.0 Å². The molecule has 0 aliphatic carbocycles. The fraction of sp³-hybridized carbons (Fsp3) is 0.286. The number of aryl methyl sites for hydroxylation is 1. The summed E-state index contributed by atoms with van der Waals surface area (Å²) >= 11 is 0. The third-order valence-corrected chi connectivity index (χ3v) is 3.41. The highest BCUT2D eigenvalue weighted by atomic mass is 16.5. The normalized spacial score (nSPS) is 12.7. The number of hydrogen-bond acceptors (Lipinski definition) is 5. The van der Waals surface area contributed by atoms with Crippen LogP contribution in [0.5, 0.6) is 0 Å². The molecule has 108 valence electrons. The van der Waals surface area contributed by atoms with Crippen molar-refractivity contribution < 1.29 is 4.74 Å². The van der Waals surface area contributed by atoms with Gasteiger partial charge in [0.1, 0.15) is 6.04 Å². The molecule has 0 aromatic carbocycles. The Morgan fingerprint density at radius 2 is 2.14 bits per heavy atom. The predicted molar refractivity (Wildman–Crippen MR) is 77.0 cm³/mol. The molecular weight excluding hydrogens is 270 g/mol. The number of rotatable bonds is 4. The van der Waals surface area contributed by atoms with E-state index in [1.165, 1.54) is 10.9 Å². The first-order valence-corrected chi connectivity index (χ1v) is 6.51. The van der Waals surface area contributed by atoms with Gasteiger partial charge in [0.25, 0.3) is 5.56 Å². The summed E-state index contributed by atoms with van der Waals surface area (Å²) in [4.78, 5) is 21.1. The minimum absolute atomic E-state index is 0.191. The molecule has 0 aliphatic rings. The van der Waals surface area contributed by atoms with Gasteiger partial charge >= 0.3 is 0 Å². The van der Waals surface area contributed by atoms with E-state index in [0.717, 1.165) is 5.69 Å². The van der Waals surface area contributed by atoms with E-state index >= 15 is 0 Å². The van der Waals surface area contributed by atoms with Crippen LogP contribution in [-0.2, 0) is 11.8 Å². The highest BCUT2D eigenvalue weighted by Gasteiger charge is 2.19. The lowest BCUT2D eigenvalue weighted by Gasteiger charge is -2.19. The molecule has 21 heavy (non-hydrogen) atoms. The lowest BCUT2D eigenvalue weighted by atomic mass is 10.2. The number of hydrogen-bond donors (Lipinski definition) is 0. The Balaban J connectivity index is 2.18. The van der Waals surface area contributed by atoms with Gasteiger partial charge in [0.2, 0.25) is 0 Å². The highest BCUT2D eigenvalue weighted by Crippen LogP contribution is 2.16. The summed E-state index contributed by atoms with van der Waals surface area (Å²) in [5.41, 5.74) is 1.61. The SMILES string of the molecule is COCC(c1ccnn1C)n1cnc2cccnc2c1=O. The van der Waals surface area contributed by atoms with E-state index in [2.05, 4.69) is 15.1 Å². The molecule has 1 atom stereocenters. The van der Waals surface area contributed by atoms with Crippen molar-refractivity contribution in [2.75, 3.05) is 13.7 Å². The van der Waals surface area contributed by atoms with Gasteiger partial charge in [-0.3, -0.25) is 14.0 Å². The molecule has 0 bridgehead atoms. The number of pyridine rings is 1. The van der Waals surface area contributed by atoms with Crippen molar-refractivity contribution in [1.82, 2.24) is 24.3 Å². The molecular formula is C14H15N5O2. The Hall–Kier alpha value is -2.54. The van der Waals surface area contributed by atoms with Crippen LogP contribution in [0.2, 0.25) is 0 Å². The summed E-state index contributed by atoms with van der Waals surface area (Å²) in [6, 6.07) is 5.09. The van der Waals surface area contributed by atoms with Crippen molar-refractivity contribution in [3.8, 4) is 0 Å². The van der Waals surface area contributed by atoms with Crippen molar-refractivity contribution in [2.24, 2.45) is 7.05 Å². The van der Waals surface area contributed by atoms with Crippen molar-refractivity contribution in [2.45, 2.75) is 6.04 Å². The molecule has 0 aliphatic heterocycles. The topological polar surface area (TPSA) is 74.8 Å². The zero-order chi connectivity index (χ0) is 14.8. The molecule has 0 amide bonds. The van der Waals surface area contributed by atoms with Crippen molar-refractivity contribution in [1.29, 1.82) is 0 Å². The Kier molecular flexibility index (Phi) is 3.49. The zero-order valence-electron chi connectivity index (χ0n) is 11.8. The smallest absolute Gasteiger partial charge is 0.280 e. The average molecular weight is 285 g/mol. The first kappa shape index (κ1) is 13.4. The number of nitrogens with zero attached hydrogens (tertiary/aromatic N) is 5. The molecule has 3 aromatic rings. The highest BCUT2D eigenvalue weighted by molar-refractivity contribution is 5.71. The molecule has 0 saturated heterocycles. The summed E-state index contributed by atoms with van der Waals surface area (Å²) < 4.78 is 8.51. The third-order valence-electron chi connectivity index (χ3n) is 3.41. The van der Waals surface area contributed by atoms with Crippen LogP contribution in [-0.4, -0.2) is 38.0 Å². The van der Waals surface area contributed by atoms with Crippen molar-refractivity contribution in [3.05, 3.63) is 53.0 Å². The number of methoxy groups -OCH3 is 1. The molecule has 1 unspecified atom stereocenters. The summed E-state index contributed by atoms with van der Waals surface area (Å²) in [5, 5.41) is 4.15. The van der Waals surface area contributed by atoms with E-state index in [9.17, 15) is 4.79 Å². The molecule has 3 rings (SSSR count). The number of aromatic nitrogens is 5. The lowest BCUT2D eigenvalue weighted by Crippen LogP contribution is -2.30. The molecule has 0 spiro atoms. The van der Waals surface area contributed by atoms with Gasteiger partial charge in [0.05, 0.1) is 24.1 Å². The molecule has 3 heterocycles. The fourth-order valence-electron chi connectivity index (χ4n) is 2.36. The summed E-state index contributed by atoms with van der Waals surface area (Å²) in [6.07, 6.45) is 4.81. The second-order valence-corrected chi connectivity index (χ2v) is 4.68. The molecule has 0 fully saturated rings. The first-order chi connectivity index (χ1) is 10.2. The van der Waals surface area contributed by atoms with Crippen LogP contribution in [0, 0.1) is 0 Å². The number of ether oxygens (including phenoxy) is 1. The molecule has 3 aromatic heterocycles. The Morgan fingerprint density at radius 1 is 1.29 bits per heavy atom. The second-order valence-electron chi connectivity index (χ2n) is 4.68. The van der Waals surface area contributed by atoms with Crippen molar-refractivity contribution >= 4 is 11.0 Å². The van der Waals surface area contributed by atoms with E-state index < -0.39 is 0 Å². The monoisotopic (exact) mass is 285 g/mol. The van der Waals surface area contributed by atoms with E-state index in [1.54, 1.807) is 36.3 Å². The van der Waals surface area contributed by atoms with Crippen LogP contribution in [0.4, 0.5) is 0 Å². The van der Waals surface area contributed by atoms with E-state index in [0.29, 0.717) is 17.6 Å². The van der Waals surface area contributed by atoms with Crippen LogP contribution in [0.3, 0.4) is 0 Å². The quantitative estimate of drug-likeness (QED) is 0.707. The molecule has 7 nitrogen and oxygen atoms in total. The van der Waals surface area contributed by atoms with Gasteiger partial charge in [-0.2, -0.15) is 5.10 Å². The zero-order valence-corrected chi connectivity index (χ0v) is 11.8. The Labute approximate surface area is 120 Å². The molecule has 0 saturated carbocycles. The van der Waals surface area contributed by atoms with Crippen LogP contribution in [0.1, 0.15) is 11.7 Å². The largest absolute Gasteiger partial charge is 0.382 e. The first-order valence-electron chi connectivity index (χ1n) is 6.51. The third kappa shape index (κ3) is 2.31. The average Bonchev–Trinajstić information content (AvgIpc) is 2.92. The van der Waals surface area contributed by atoms with Crippen LogP contribution < -0.4 is 5.56 Å². The van der Waals surface area contributed by atoms with Crippen LogP contribution >= 0.6 is 0 Å². The molecule has 7 heteroatoms. The fourth-order valence-corrected chi connectivity index (χ4v) is 2.36. The summed E-state index contributed by atoms with van der Waals surface area (Å²) in [7, 11) is 3.43. The standard InChI is InChI=1S/C14H15N5O2/c1-18-11(5-7-17-18)12(8-21-2)19-9-16-10-4-3-6-15-13(10)14(19)20/h3-7,9,12H,8H2,1-2H3. The maximum atomic E-state index is 12.6. The van der Waals surface area contributed by atoms with Gasteiger partial charge in [0, 0.05) is 26.6 Å². The van der Waals surface area contributed by atoms with Gasteiger partial charge < -0.3 is 4.74 Å². The maximum Gasteiger partial charge on any atom is 0.280 e. The lowest BCUT2D eigenvalue weighted by molar-refractivity contribution is 0.164. The number of fused-ring (bicyclic) bond motifs is 1. The minimum Gasteiger partial charge on any atom is -0.382 e. The van der Waals surface area contributed by atoms with Gasteiger partial charge in [-0.1, -0.05) is 0 Å². The Bertz CT molecular complexity index is 823. The van der Waals surface area contributed by atoms with E-state index in [-0.39, 0.29) is 11.6 Å². The van der Waals surface area contributed by atoms with Gasteiger partial charge in [0.15, 0.2) is 5.52 Å². The van der Waals surface area contributed by atoms with Gasteiger partial charge in [-0.25, -0.2) is 9.97 Å². The molecule has 0 N–H and O–H groups in total. The summed E-state index contributed by atoms with van der Waals surface area (Å²) in [5.74, 6) is 0. The van der Waals surface area contributed by atoms with E-state index in [1.807, 2.05) is 13.1 Å². The summed E-state index contributed by atoms with van der Waals surface area (Å²) in [6.45, 7) is 0.347. The van der Waals surface area contributed by atoms with Crippen molar-refractivity contribution in [3.63, 3.8) is 0 Å². The Morgan fingerprint density at radius 3 is 2.86 bits per heavy atom. The molecule has 0 radical (unpaired) electrons. The predicted octanol–water partition coefficient (Wildman–Crippen LogP) is 0.761. The second kappa shape index (κ2) is 5.45.